The lowest BCUT2D eigenvalue weighted by molar-refractivity contribution is -0.125. The molecule has 0 saturated heterocycles. The molecular weight excluding hydrogens is 212 g/mol. The SMILES string of the molecule is Cc1cnccc1CNC(=O)C1CC2CC2C1. The van der Waals surface area contributed by atoms with Crippen LogP contribution in [0.25, 0.3) is 0 Å². The van der Waals surface area contributed by atoms with Crippen LogP contribution in [-0.4, -0.2) is 10.9 Å². The summed E-state index contributed by atoms with van der Waals surface area (Å²) >= 11 is 0. The highest BCUT2D eigenvalue weighted by Crippen LogP contribution is 2.54. The fourth-order valence-corrected chi connectivity index (χ4v) is 2.96. The van der Waals surface area contributed by atoms with Gasteiger partial charge in [-0.25, -0.2) is 0 Å². The molecule has 3 nitrogen and oxygen atoms in total. The van der Waals surface area contributed by atoms with E-state index in [9.17, 15) is 4.79 Å². The minimum absolute atomic E-state index is 0.244. The Hall–Kier alpha value is -1.38. The Morgan fingerprint density at radius 1 is 1.41 bits per heavy atom. The molecule has 2 fully saturated rings. The second-order valence-electron chi connectivity index (χ2n) is 5.44. The van der Waals surface area contributed by atoms with E-state index in [1.165, 1.54) is 6.42 Å². The number of amides is 1. The molecule has 2 atom stereocenters. The summed E-state index contributed by atoms with van der Waals surface area (Å²) in [5.41, 5.74) is 2.30. The monoisotopic (exact) mass is 230 g/mol. The van der Waals surface area contributed by atoms with Crippen LogP contribution in [0.5, 0.6) is 0 Å². The fraction of sp³-hybridized carbons (Fsp3) is 0.571. The largest absolute Gasteiger partial charge is 0.352 e. The van der Waals surface area contributed by atoms with E-state index in [1.54, 1.807) is 6.20 Å². The third-order valence-electron chi connectivity index (χ3n) is 4.20. The van der Waals surface area contributed by atoms with E-state index in [0.29, 0.717) is 6.54 Å². The highest BCUT2D eigenvalue weighted by atomic mass is 16.1. The first-order chi connectivity index (χ1) is 8.24. The fourth-order valence-electron chi connectivity index (χ4n) is 2.96. The predicted molar refractivity (Wildman–Crippen MR) is 65.1 cm³/mol. The van der Waals surface area contributed by atoms with Crippen LogP contribution in [0, 0.1) is 24.7 Å². The van der Waals surface area contributed by atoms with Crippen LogP contribution in [-0.2, 0) is 11.3 Å². The second kappa shape index (κ2) is 4.13. The molecule has 3 rings (SSSR count). The van der Waals surface area contributed by atoms with E-state index in [0.717, 1.165) is 35.8 Å². The summed E-state index contributed by atoms with van der Waals surface area (Å²) in [7, 11) is 0. The maximum absolute atomic E-state index is 12.0. The Bertz CT molecular complexity index is 434. The molecule has 0 aliphatic heterocycles. The summed E-state index contributed by atoms with van der Waals surface area (Å²) in [4.78, 5) is 16.0. The van der Waals surface area contributed by atoms with E-state index in [1.807, 2.05) is 19.2 Å². The first-order valence-corrected chi connectivity index (χ1v) is 6.41. The molecule has 1 N–H and O–H groups in total. The average molecular weight is 230 g/mol. The summed E-state index contributed by atoms with van der Waals surface area (Å²) in [6.07, 6.45) is 7.22. The van der Waals surface area contributed by atoms with Crippen LogP contribution >= 0.6 is 0 Å². The maximum Gasteiger partial charge on any atom is 0.223 e. The lowest BCUT2D eigenvalue weighted by Gasteiger charge is -2.13. The van der Waals surface area contributed by atoms with Crippen LogP contribution in [0.1, 0.15) is 30.4 Å². The first kappa shape index (κ1) is 10.8. The van der Waals surface area contributed by atoms with Gasteiger partial charge >= 0.3 is 0 Å². The zero-order chi connectivity index (χ0) is 11.8. The molecule has 1 aromatic heterocycles. The number of nitrogens with zero attached hydrogens (tertiary/aromatic N) is 1. The topological polar surface area (TPSA) is 42.0 Å². The molecule has 2 aliphatic rings. The molecule has 0 aromatic carbocycles. The predicted octanol–water partition coefficient (Wildman–Crippen LogP) is 2.05. The van der Waals surface area contributed by atoms with Crippen molar-refractivity contribution in [2.75, 3.05) is 0 Å². The van der Waals surface area contributed by atoms with Crippen LogP contribution < -0.4 is 5.32 Å². The third-order valence-corrected chi connectivity index (χ3v) is 4.20. The number of fused-ring (bicyclic) bond motifs is 1. The number of hydrogen-bond donors (Lipinski definition) is 1. The number of rotatable bonds is 3. The van der Waals surface area contributed by atoms with E-state index < -0.39 is 0 Å². The Balaban J connectivity index is 1.54. The molecule has 2 unspecified atom stereocenters. The van der Waals surface area contributed by atoms with E-state index in [4.69, 9.17) is 0 Å². The number of carbonyl (C=O) groups excluding carboxylic acids is 1. The van der Waals surface area contributed by atoms with Gasteiger partial charge in [0.05, 0.1) is 0 Å². The van der Waals surface area contributed by atoms with Crippen LogP contribution in [0.3, 0.4) is 0 Å². The molecule has 2 saturated carbocycles. The van der Waals surface area contributed by atoms with E-state index >= 15 is 0 Å². The molecular formula is C14H18N2O. The number of pyridine rings is 1. The Kier molecular flexibility index (Phi) is 2.61. The van der Waals surface area contributed by atoms with Crippen molar-refractivity contribution in [3.05, 3.63) is 29.6 Å². The minimum atomic E-state index is 0.244. The molecule has 3 heteroatoms. The number of carbonyl (C=O) groups is 1. The Morgan fingerprint density at radius 3 is 2.88 bits per heavy atom. The van der Waals surface area contributed by atoms with Crippen molar-refractivity contribution in [2.24, 2.45) is 17.8 Å². The van der Waals surface area contributed by atoms with Gasteiger partial charge in [-0.15, -0.1) is 0 Å². The summed E-state index contributed by atoms with van der Waals surface area (Å²) in [6, 6.07) is 1.97. The van der Waals surface area contributed by atoms with Gasteiger partial charge < -0.3 is 5.32 Å². The van der Waals surface area contributed by atoms with Crippen LogP contribution in [0.4, 0.5) is 0 Å². The van der Waals surface area contributed by atoms with Gasteiger partial charge in [0.15, 0.2) is 0 Å². The normalized spacial score (nSPS) is 29.8. The van der Waals surface area contributed by atoms with Gasteiger partial charge in [0.2, 0.25) is 5.91 Å². The molecule has 2 aliphatic carbocycles. The van der Waals surface area contributed by atoms with E-state index in [2.05, 4.69) is 10.3 Å². The molecule has 0 spiro atoms. The zero-order valence-electron chi connectivity index (χ0n) is 10.1. The molecule has 1 heterocycles. The summed E-state index contributed by atoms with van der Waals surface area (Å²) in [5, 5.41) is 3.06. The number of nitrogens with one attached hydrogen (secondary N) is 1. The second-order valence-corrected chi connectivity index (χ2v) is 5.44. The van der Waals surface area contributed by atoms with Gasteiger partial charge in [0.25, 0.3) is 0 Å². The van der Waals surface area contributed by atoms with Crippen molar-refractivity contribution < 1.29 is 4.79 Å². The number of hydrogen-bond acceptors (Lipinski definition) is 2. The maximum atomic E-state index is 12.0. The molecule has 17 heavy (non-hydrogen) atoms. The highest BCUT2D eigenvalue weighted by molar-refractivity contribution is 5.79. The molecule has 1 amide bonds. The van der Waals surface area contributed by atoms with Crippen LogP contribution in [0.15, 0.2) is 18.5 Å². The minimum Gasteiger partial charge on any atom is -0.352 e. The smallest absolute Gasteiger partial charge is 0.223 e. The van der Waals surface area contributed by atoms with Gasteiger partial charge in [-0.3, -0.25) is 9.78 Å². The van der Waals surface area contributed by atoms with E-state index in [-0.39, 0.29) is 11.8 Å². The summed E-state index contributed by atoms with van der Waals surface area (Å²) < 4.78 is 0. The molecule has 0 bridgehead atoms. The number of aryl methyl sites for hydroxylation is 1. The average Bonchev–Trinajstić information content (AvgIpc) is 2.95. The molecule has 0 radical (unpaired) electrons. The quantitative estimate of drug-likeness (QED) is 0.863. The van der Waals surface area contributed by atoms with Crippen LogP contribution in [0.2, 0.25) is 0 Å². The van der Waals surface area contributed by atoms with Gasteiger partial charge in [-0.05, 0) is 55.2 Å². The van der Waals surface area contributed by atoms with Gasteiger partial charge in [-0.2, -0.15) is 0 Å². The Morgan fingerprint density at radius 2 is 2.18 bits per heavy atom. The lowest BCUT2D eigenvalue weighted by atomic mass is 10.0. The van der Waals surface area contributed by atoms with Crippen molar-refractivity contribution in [3.8, 4) is 0 Å². The zero-order valence-corrected chi connectivity index (χ0v) is 10.1. The highest BCUT2D eigenvalue weighted by Gasteiger charge is 2.47. The summed E-state index contributed by atoms with van der Waals surface area (Å²) in [6.45, 7) is 2.66. The molecule has 1 aromatic rings. The van der Waals surface area contributed by atoms with Crippen molar-refractivity contribution in [1.82, 2.24) is 10.3 Å². The van der Waals surface area contributed by atoms with Gasteiger partial charge in [-0.1, -0.05) is 0 Å². The standard InChI is InChI=1S/C14H18N2O/c1-9-7-15-3-2-10(9)8-16-14(17)13-5-11-4-12(11)6-13/h2-3,7,11-13H,4-6,8H2,1H3,(H,16,17). The van der Waals surface area contributed by atoms with Crippen molar-refractivity contribution in [2.45, 2.75) is 32.7 Å². The first-order valence-electron chi connectivity index (χ1n) is 6.41. The van der Waals surface area contributed by atoms with Gasteiger partial charge in [0, 0.05) is 24.9 Å². The third kappa shape index (κ3) is 2.19. The molecule has 90 valence electrons. The lowest BCUT2D eigenvalue weighted by Crippen LogP contribution is -2.29. The van der Waals surface area contributed by atoms with Crippen molar-refractivity contribution in [1.29, 1.82) is 0 Å². The van der Waals surface area contributed by atoms with Crippen molar-refractivity contribution >= 4 is 5.91 Å². The van der Waals surface area contributed by atoms with Crippen molar-refractivity contribution in [3.63, 3.8) is 0 Å². The van der Waals surface area contributed by atoms with Gasteiger partial charge in [0.1, 0.15) is 0 Å². The summed E-state index contributed by atoms with van der Waals surface area (Å²) in [5.74, 6) is 2.26. The number of aromatic nitrogens is 1. The Labute approximate surface area is 102 Å².